The summed E-state index contributed by atoms with van der Waals surface area (Å²) in [6.45, 7) is 8.10. The molecule has 9 heavy (non-hydrogen) atoms. The molecule has 0 aliphatic heterocycles. The molecular weight excluding hydrogens is 112 g/mol. The van der Waals surface area contributed by atoms with Gasteiger partial charge in [0.05, 0.1) is 0 Å². The Kier molecular flexibility index (Phi) is 4.41. The van der Waals surface area contributed by atoms with E-state index in [4.69, 9.17) is 5.11 Å². The van der Waals surface area contributed by atoms with Crippen LogP contribution in [0.15, 0.2) is 12.7 Å². The van der Waals surface area contributed by atoms with Gasteiger partial charge in [-0.15, -0.1) is 6.58 Å². The lowest BCUT2D eigenvalue weighted by Crippen LogP contribution is -2.10. The van der Waals surface area contributed by atoms with Gasteiger partial charge in [0.1, 0.15) is 0 Å². The first-order valence-corrected chi connectivity index (χ1v) is 3.44. The van der Waals surface area contributed by atoms with Crippen LogP contribution in [0.4, 0.5) is 0 Å². The van der Waals surface area contributed by atoms with Gasteiger partial charge in [-0.05, 0) is 18.3 Å². The van der Waals surface area contributed by atoms with Gasteiger partial charge in [-0.1, -0.05) is 19.9 Å². The fourth-order valence-corrected chi connectivity index (χ4v) is 0.675. The van der Waals surface area contributed by atoms with E-state index < -0.39 is 0 Å². The van der Waals surface area contributed by atoms with Crippen LogP contribution < -0.4 is 0 Å². The van der Waals surface area contributed by atoms with E-state index in [9.17, 15) is 0 Å². The largest absolute Gasteiger partial charge is 0.396 e. The van der Waals surface area contributed by atoms with Gasteiger partial charge in [-0.25, -0.2) is 0 Å². The van der Waals surface area contributed by atoms with Crippen molar-refractivity contribution >= 4 is 0 Å². The molecule has 0 aliphatic rings. The van der Waals surface area contributed by atoms with Gasteiger partial charge in [-0.3, -0.25) is 0 Å². The van der Waals surface area contributed by atoms with E-state index in [1.807, 2.05) is 13.0 Å². The molecule has 0 aromatic rings. The molecule has 1 heteroatoms. The minimum Gasteiger partial charge on any atom is -0.396 e. The summed E-state index contributed by atoms with van der Waals surface area (Å²) in [7, 11) is 0. The Hall–Kier alpha value is -0.300. The molecule has 0 aromatic heterocycles. The van der Waals surface area contributed by atoms with Gasteiger partial charge in [-0.2, -0.15) is 0 Å². The maximum Gasteiger partial charge on any atom is 0.0459 e. The molecule has 0 amide bonds. The third-order valence-corrected chi connectivity index (χ3v) is 1.80. The van der Waals surface area contributed by atoms with E-state index in [-0.39, 0.29) is 6.61 Å². The van der Waals surface area contributed by atoms with E-state index in [1.54, 1.807) is 0 Å². The Morgan fingerprint density at radius 1 is 1.44 bits per heavy atom. The molecule has 0 saturated carbocycles. The molecule has 2 atom stereocenters. The first-order valence-electron chi connectivity index (χ1n) is 3.44. The molecule has 0 spiro atoms. The molecule has 0 radical (unpaired) electrons. The number of hydrogen-bond donors (Lipinski definition) is 1. The van der Waals surface area contributed by atoms with Crippen LogP contribution in [0.1, 0.15) is 20.3 Å². The van der Waals surface area contributed by atoms with Crippen molar-refractivity contribution in [2.75, 3.05) is 6.61 Å². The summed E-state index contributed by atoms with van der Waals surface area (Å²) in [6.07, 6.45) is 2.90. The van der Waals surface area contributed by atoms with Crippen LogP contribution in [0.25, 0.3) is 0 Å². The average molecular weight is 128 g/mol. The van der Waals surface area contributed by atoms with Crippen molar-refractivity contribution in [3.63, 3.8) is 0 Å². The predicted molar refractivity (Wildman–Crippen MR) is 40.2 cm³/mol. The Bertz CT molecular complexity index is 78.6. The third-order valence-electron chi connectivity index (χ3n) is 1.80. The zero-order valence-corrected chi connectivity index (χ0v) is 6.30. The van der Waals surface area contributed by atoms with Crippen molar-refractivity contribution in [3.8, 4) is 0 Å². The van der Waals surface area contributed by atoms with Gasteiger partial charge in [0, 0.05) is 6.61 Å². The predicted octanol–water partition coefficient (Wildman–Crippen LogP) is 1.83. The second-order valence-electron chi connectivity index (χ2n) is 2.66. The number of hydrogen-bond acceptors (Lipinski definition) is 1. The summed E-state index contributed by atoms with van der Waals surface area (Å²) < 4.78 is 0. The lowest BCUT2D eigenvalue weighted by molar-refractivity contribution is 0.196. The minimum absolute atomic E-state index is 0.287. The van der Waals surface area contributed by atoms with Gasteiger partial charge in [0.25, 0.3) is 0 Å². The smallest absolute Gasteiger partial charge is 0.0459 e. The summed E-state index contributed by atoms with van der Waals surface area (Å²) in [5.74, 6) is 0.968. The van der Waals surface area contributed by atoms with E-state index in [1.165, 1.54) is 0 Å². The summed E-state index contributed by atoms with van der Waals surface area (Å²) in [5, 5.41) is 8.70. The molecule has 2 unspecified atom stereocenters. The van der Waals surface area contributed by atoms with Crippen LogP contribution in [0.5, 0.6) is 0 Å². The second kappa shape index (κ2) is 4.57. The summed E-state index contributed by atoms with van der Waals surface area (Å²) in [5.41, 5.74) is 0. The Labute approximate surface area is 57.4 Å². The van der Waals surface area contributed by atoms with Crippen molar-refractivity contribution in [2.45, 2.75) is 20.3 Å². The monoisotopic (exact) mass is 128 g/mol. The maximum absolute atomic E-state index is 8.70. The fourth-order valence-electron chi connectivity index (χ4n) is 0.675. The van der Waals surface area contributed by atoms with Crippen LogP contribution in [0, 0.1) is 11.8 Å². The molecular formula is C8H16O. The summed E-state index contributed by atoms with van der Waals surface area (Å²) in [4.78, 5) is 0. The van der Waals surface area contributed by atoms with Crippen LogP contribution >= 0.6 is 0 Å². The highest BCUT2D eigenvalue weighted by Gasteiger charge is 2.07. The molecule has 54 valence electrons. The first-order chi connectivity index (χ1) is 4.22. The highest BCUT2D eigenvalue weighted by Crippen LogP contribution is 2.13. The average Bonchev–Trinajstić information content (AvgIpc) is 1.87. The van der Waals surface area contributed by atoms with E-state index in [2.05, 4.69) is 13.5 Å². The van der Waals surface area contributed by atoms with Gasteiger partial charge in [0.2, 0.25) is 0 Å². The molecule has 0 heterocycles. The van der Waals surface area contributed by atoms with Gasteiger partial charge < -0.3 is 5.11 Å². The quantitative estimate of drug-likeness (QED) is 0.573. The molecule has 0 bridgehead atoms. The normalized spacial score (nSPS) is 16.8. The number of aliphatic hydroxyl groups excluding tert-OH is 1. The molecule has 0 aliphatic carbocycles. The highest BCUT2D eigenvalue weighted by molar-refractivity contribution is 4.73. The summed E-state index contributed by atoms with van der Waals surface area (Å²) in [6, 6.07) is 0. The Balaban J connectivity index is 3.44. The lowest BCUT2D eigenvalue weighted by Gasteiger charge is -2.14. The number of rotatable bonds is 4. The van der Waals surface area contributed by atoms with Crippen molar-refractivity contribution in [3.05, 3.63) is 12.7 Å². The number of allylic oxidation sites excluding steroid dienone is 1. The SMILES string of the molecule is C=CCC(C)C(C)CO. The maximum atomic E-state index is 8.70. The van der Waals surface area contributed by atoms with Crippen LogP contribution in [-0.4, -0.2) is 11.7 Å². The topological polar surface area (TPSA) is 20.2 Å². The third kappa shape index (κ3) is 3.31. The summed E-state index contributed by atoms with van der Waals surface area (Å²) >= 11 is 0. The molecule has 0 aromatic carbocycles. The van der Waals surface area contributed by atoms with Gasteiger partial charge in [0.15, 0.2) is 0 Å². The van der Waals surface area contributed by atoms with Crippen LogP contribution in [-0.2, 0) is 0 Å². The van der Waals surface area contributed by atoms with E-state index in [0.29, 0.717) is 11.8 Å². The van der Waals surface area contributed by atoms with Crippen LogP contribution in [0.2, 0.25) is 0 Å². The second-order valence-corrected chi connectivity index (χ2v) is 2.66. The van der Waals surface area contributed by atoms with Crippen molar-refractivity contribution < 1.29 is 5.11 Å². The Morgan fingerprint density at radius 2 is 2.00 bits per heavy atom. The van der Waals surface area contributed by atoms with Crippen LogP contribution in [0.3, 0.4) is 0 Å². The zero-order chi connectivity index (χ0) is 7.28. The Morgan fingerprint density at radius 3 is 2.33 bits per heavy atom. The molecule has 0 saturated heterocycles. The molecule has 0 rings (SSSR count). The standard InChI is InChI=1S/C8H16O/c1-4-5-7(2)8(3)6-9/h4,7-9H,1,5-6H2,2-3H3. The van der Waals surface area contributed by atoms with E-state index in [0.717, 1.165) is 6.42 Å². The minimum atomic E-state index is 0.287. The van der Waals surface area contributed by atoms with Crippen molar-refractivity contribution in [1.82, 2.24) is 0 Å². The van der Waals surface area contributed by atoms with E-state index >= 15 is 0 Å². The van der Waals surface area contributed by atoms with Gasteiger partial charge >= 0.3 is 0 Å². The molecule has 1 nitrogen and oxygen atoms in total. The highest BCUT2D eigenvalue weighted by atomic mass is 16.3. The van der Waals surface area contributed by atoms with Crippen molar-refractivity contribution in [2.24, 2.45) is 11.8 Å². The first kappa shape index (κ1) is 8.70. The lowest BCUT2D eigenvalue weighted by atomic mass is 9.94. The fraction of sp³-hybridized carbons (Fsp3) is 0.750. The molecule has 1 N–H and O–H groups in total. The molecule has 0 fully saturated rings. The van der Waals surface area contributed by atoms with Crippen molar-refractivity contribution in [1.29, 1.82) is 0 Å². The number of aliphatic hydroxyl groups is 1. The zero-order valence-electron chi connectivity index (χ0n) is 6.30.